The van der Waals surface area contributed by atoms with Gasteiger partial charge in [0.25, 0.3) is 0 Å². The highest BCUT2D eigenvalue weighted by Gasteiger charge is 2.55. The second kappa shape index (κ2) is 10.3. The van der Waals surface area contributed by atoms with E-state index < -0.39 is 6.04 Å². The molecule has 2 aliphatic rings. The largest absolute Gasteiger partial charge is 0.337 e. The predicted molar refractivity (Wildman–Crippen MR) is 164 cm³/mol. The van der Waals surface area contributed by atoms with Gasteiger partial charge in [-0.1, -0.05) is 25.1 Å². The molecular weight excluding hydrogens is 596 g/mol. The van der Waals surface area contributed by atoms with Crippen LogP contribution in [0, 0.1) is 26.2 Å². The molecule has 0 spiro atoms. The summed E-state index contributed by atoms with van der Waals surface area (Å²) in [6.45, 7) is 9.28. The molecule has 0 unspecified atom stereocenters. The highest BCUT2D eigenvalue weighted by atomic mass is 79.9. The number of rotatable bonds is 6. The highest BCUT2D eigenvalue weighted by molar-refractivity contribution is 9.10. The zero-order valence-corrected chi connectivity index (χ0v) is 25.7. The third-order valence-corrected chi connectivity index (χ3v) is 8.90. The molecule has 9 nitrogen and oxygen atoms in total. The van der Waals surface area contributed by atoms with Gasteiger partial charge < -0.3 is 14.8 Å². The number of aromatic nitrogens is 4. The maximum atomic E-state index is 14.1. The minimum Gasteiger partial charge on any atom is -0.337 e. The van der Waals surface area contributed by atoms with Gasteiger partial charge in [0, 0.05) is 40.5 Å². The molecular formula is C32H31BrN6O3. The van der Waals surface area contributed by atoms with Gasteiger partial charge in [0.05, 0.1) is 11.6 Å². The van der Waals surface area contributed by atoms with Gasteiger partial charge in [0.15, 0.2) is 5.78 Å². The van der Waals surface area contributed by atoms with Crippen molar-refractivity contribution in [3.63, 3.8) is 0 Å². The van der Waals surface area contributed by atoms with Crippen molar-refractivity contribution in [3.8, 4) is 11.1 Å². The third kappa shape index (κ3) is 4.73. The van der Waals surface area contributed by atoms with E-state index >= 15 is 0 Å². The van der Waals surface area contributed by atoms with E-state index in [1.165, 1.54) is 6.92 Å². The first-order chi connectivity index (χ1) is 19.9. The molecule has 3 aromatic heterocycles. The lowest BCUT2D eigenvalue weighted by Crippen LogP contribution is -2.50. The molecule has 0 saturated carbocycles. The van der Waals surface area contributed by atoms with Crippen molar-refractivity contribution in [2.45, 2.75) is 59.7 Å². The normalized spacial score (nSPS) is 20.9. The van der Waals surface area contributed by atoms with Crippen LogP contribution in [0.15, 0.2) is 59.6 Å². The van der Waals surface area contributed by atoms with Crippen LogP contribution in [0.3, 0.4) is 0 Å². The molecule has 1 saturated heterocycles. The lowest BCUT2D eigenvalue weighted by Gasteiger charge is -2.38. The topological polar surface area (TPSA) is 110 Å². The fraction of sp³-hybridized carbons (Fsp3) is 0.312. The summed E-state index contributed by atoms with van der Waals surface area (Å²) in [5, 5.41) is 3.72. The summed E-state index contributed by atoms with van der Waals surface area (Å²) in [4.78, 5) is 55.1. The van der Waals surface area contributed by atoms with Crippen molar-refractivity contribution < 1.29 is 14.4 Å². The number of ketones is 1. The van der Waals surface area contributed by atoms with Crippen LogP contribution in [0.25, 0.3) is 22.0 Å². The number of aryl methyl sites for hydroxylation is 3. The van der Waals surface area contributed by atoms with E-state index in [1.54, 1.807) is 23.5 Å². The summed E-state index contributed by atoms with van der Waals surface area (Å²) in [5.74, 6) is 0.603. The van der Waals surface area contributed by atoms with Gasteiger partial charge in [-0.25, -0.2) is 15.0 Å². The molecule has 42 heavy (non-hydrogen) atoms. The summed E-state index contributed by atoms with van der Waals surface area (Å²) < 4.78 is 2.46. The van der Waals surface area contributed by atoms with Crippen LogP contribution in [0.5, 0.6) is 0 Å². The van der Waals surface area contributed by atoms with Crippen LogP contribution in [-0.2, 0) is 16.1 Å². The Morgan fingerprint density at radius 3 is 2.48 bits per heavy atom. The summed E-state index contributed by atoms with van der Waals surface area (Å²) in [7, 11) is 0. The van der Waals surface area contributed by atoms with E-state index in [4.69, 9.17) is 0 Å². The molecule has 0 radical (unpaired) electrons. The summed E-state index contributed by atoms with van der Waals surface area (Å²) in [6.07, 6.45) is 9.87. The van der Waals surface area contributed by atoms with Crippen LogP contribution in [0.2, 0.25) is 0 Å². The van der Waals surface area contributed by atoms with Crippen molar-refractivity contribution >= 4 is 50.2 Å². The maximum absolute atomic E-state index is 14.1. The summed E-state index contributed by atoms with van der Waals surface area (Å²) in [5.41, 5.74) is 4.57. The second-order valence-electron chi connectivity index (χ2n) is 11.6. The van der Waals surface area contributed by atoms with Crippen LogP contribution >= 0.6 is 15.9 Å². The van der Waals surface area contributed by atoms with E-state index in [0.717, 1.165) is 33.2 Å². The first-order valence-corrected chi connectivity index (χ1v) is 14.6. The second-order valence-corrected chi connectivity index (χ2v) is 12.4. The number of carbonyl (C=O) groups is 3. The number of fused-ring (bicyclic) bond motifs is 2. The number of hydrogen-bond donors (Lipinski definition) is 1. The number of amides is 2. The molecule has 4 aromatic rings. The number of Topliss-reactive ketones (excluding diaryl/α,β-unsaturated/α-hetero) is 1. The monoisotopic (exact) mass is 626 g/mol. The zero-order valence-electron chi connectivity index (χ0n) is 24.1. The fourth-order valence-corrected chi connectivity index (χ4v) is 6.50. The number of pyridine rings is 1. The number of nitrogens with zero attached hydrogens (tertiary/aromatic N) is 5. The predicted octanol–water partition coefficient (Wildman–Crippen LogP) is 5.57. The maximum Gasteiger partial charge on any atom is 0.248 e. The quantitative estimate of drug-likeness (QED) is 0.170. The number of halogens is 1. The first kappa shape index (κ1) is 28.0. The molecule has 3 atom stereocenters. The Hall–Kier alpha value is -4.18. The number of anilines is 1. The number of benzene rings is 1. The SMILES string of the molecule is CC(=O)c1cn(CC(=O)N2[C@H](C(=O)Nc3nc(Br)ccc3C)C[C@@]3(C)C=C[C@@H]23)c2c(C)cc(-c3cnc(C)nc3)cc12. The van der Waals surface area contributed by atoms with E-state index in [2.05, 4.69) is 49.2 Å². The summed E-state index contributed by atoms with van der Waals surface area (Å²) in [6, 6.07) is 6.83. The third-order valence-electron chi connectivity index (χ3n) is 8.46. The first-order valence-electron chi connectivity index (χ1n) is 13.8. The van der Waals surface area contributed by atoms with E-state index in [1.807, 2.05) is 55.7 Å². The Bertz CT molecular complexity index is 1810. The molecule has 6 rings (SSSR count). The summed E-state index contributed by atoms with van der Waals surface area (Å²) >= 11 is 3.37. The lowest BCUT2D eigenvalue weighted by molar-refractivity contribution is -0.138. The number of likely N-dealkylation sites (tertiary alicyclic amines) is 1. The number of carbonyl (C=O) groups excluding carboxylic acids is 3. The molecule has 2 amide bonds. The van der Waals surface area contributed by atoms with Gasteiger partial charge in [-0.2, -0.15) is 0 Å². The number of hydrogen-bond acceptors (Lipinski definition) is 6. The van der Waals surface area contributed by atoms with Crippen molar-refractivity contribution in [1.82, 2.24) is 24.4 Å². The Morgan fingerprint density at radius 1 is 1.07 bits per heavy atom. The fourth-order valence-electron chi connectivity index (χ4n) is 6.20. The van der Waals surface area contributed by atoms with Crippen LogP contribution in [0.1, 0.15) is 47.6 Å². The Labute approximate surface area is 252 Å². The van der Waals surface area contributed by atoms with E-state index in [0.29, 0.717) is 28.2 Å². The van der Waals surface area contributed by atoms with Crippen molar-refractivity contribution in [2.75, 3.05) is 5.32 Å². The average molecular weight is 628 g/mol. The minimum atomic E-state index is -0.661. The smallest absolute Gasteiger partial charge is 0.248 e. The molecule has 1 fully saturated rings. The van der Waals surface area contributed by atoms with Gasteiger partial charge in [-0.15, -0.1) is 0 Å². The molecule has 1 aliphatic carbocycles. The van der Waals surface area contributed by atoms with Crippen molar-refractivity contribution in [3.05, 3.63) is 82.1 Å². The van der Waals surface area contributed by atoms with Gasteiger partial charge in [-0.05, 0) is 84.9 Å². The zero-order chi connectivity index (χ0) is 29.9. The Kier molecular flexibility index (Phi) is 6.84. The van der Waals surface area contributed by atoms with Crippen molar-refractivity contribution in [2.24, 2.45) is 5.41 Å². The van der Waals surface area contributed by atoms with Gasteiger partial charge >= 0.3 is 0 Å². The van der Waals surface area contributed by atoms with Crippen LogP contribution < -0.4 is 5.32 Å². The van der Waals surface area contributed by atoms with Crippen molar-refractivity contribution in [1.29, 1.82) is 0 Å². The van der Waals surface area contributed by atoms with Gasteiger partial charge in [0.1, 0.15) is 28.8 Å². The van der Waals surface area contributed by atoms with Crippen LogP contribution in [0.4, 0.5) is 5.82 Å². The molecule has 0 bridgehead atoms. The van der Waals surface area contributed by atoms with Gasteiger partial charge in [0.2, 0.25) is 11.8 Å². The number of nitrogens with one attached hydrogen (secondary N) is 1. The minimum absolute atomic E-state index is 0.00400. The van der Waals surface area contributed by atoms with E-state index in [-0.39, 0.29) is 35.6 Å². The lowest BCUT2D eigenvalue weighted by atomic mass is 9.73. The molecule has 1 aromatic carbocycles. The molecule has 1 N–H and O–H groups in total. The standard InChI is InChI=1S/C32H31BrN6O3/c1-17-6-7-27(33)36-30(17)37-31(42)25-12-32(5)9-8-26(32)39(25)28(41)16-38-15-24(19(3)40)23-11-21(10-18(2)29(23)38)22-13-34-20(4)35-14-22/h6-11,13-15,25-26H,12,16H2,1-5H3,(H,36,37,42)/t25-,26+,32+/m0/s1. The molecule has 1 aliphatic heterocycles. The van der Waals surface area contributed by atoms with Crippen LogP contribution in [-0.4, -0.2) is 54.1 Å². The Balaban J connectivity index is 1.34. The van der Waals surface area contributed by atoms with E-state index in [9.17, 15) is 14.4 Å². The molecule has 214 valence electrons. The average Bonchev–Trinajstić information content (AvgIpc) is 3.40. The highest BCUT2D eigenvalue weighted by Crippen LogP contribution is 2.49. The van der Waals surface area contributed by atoms with Gasteiger partial charge in [-0.3, -0.25) is 14.4 Å². The Morgan fingerprint density at radius 2 is 1.81 bits per heavy atom. The molecule has 4 heterocycles. The molecule has 10 heteroatoms.